The van der Waals surface area contributed by atoms with Crippen LogP contribution in [-0.2, 0) is 11.2 Å². The topological polar surface area (TPSA) is 57.8 Å². The normalized spacial score (nSPS) is 10.5. The van der Waals surface area contributed by atoms with Crippen LogP contribution >= 0.6 is 11.6 Å². The molecule has 0 saturated carbocycles. The van der Waals surface area contributed by atoms with Gasteiger partial charge >= 0.3 is 0 Å². The van der Waals surface area contributed by atoms with Gasteiger partial charge in [-0.1, -0.05) is 29.8 Å². The van der Waals surface area contributed by atoms with Gasteiger partial charge in [0.2, 0.25) is 5.91 Å². The van der Waals surface area contributed by atoms with Gasteiger partial charge in [-0.05, 0) is 31.9 Å². The molecule has 0 aliphatic carbocycles. The summed E-state index contributed by atoms with van der Waals surface area (Å²) in [6.07, 6.45) is 1.00. The second kappa shape index (κ2) is 5.89. The van der Waals surface area contributed by atoms with Gasteiger partial charge in [0.05, 0.1) is 0 Å². The SMILES string of the molecule is Cc1[nH]nc(NC(=O)CCc2ccccc2Cl)c1C. The van der Waals surface area contributed by atoms with E-state index in [1.807, 2.05) is 38.1 Å². The third-order valence-corrected chi connectivity index (χ3v) is 3.46. The molecule has 0 fully saturated rings. The Morgan fingerprint density at radius 1 is 1.37 bits per heavy atom. The van der Waals surface area contributed by atoms with Crippen LogP contribution in [0.3, 0.4) is 0 Å². The number of aromatic nitrogens is 2. The molecule has 2 N–H and O–H groups in total. The van der Waals surface area contributed by atoms with E-state index in [2.05, 4.69) is 15.5 Å². The van der Waals surface area contributed by atoms with Crippen LogP contribution in [0.25, 0.3) is 0 Å². The molecule has 100 valence electrons. The van der Waals surface area contributed by atoms with Crippen molar-refractivity contribution in [2.24, 2.45) is 0 Å². The van der Waals surface area contributed by atoms with Crippen LogP contribution in [0.4, 0.5) is 5.82 Å². The molecular weight excluding hydrogens is 262 g/mol. The zero-order valence-corrected chi connectivity index (χ0v) is 11.7. The van der Waals surface area contributed by atoms with E-state index in [1.165, 1.54) is 0 Å². The number of benzene rings is 1. The summed E-state index contributed by atoms with van der Waals surface area (Å²) in [5, 5.41) is 10.4. The Morgan fingerprint density at radius 3 is 2.74 bits per heavy atom. The Morgan fingerprint density at radius 2 is 2.11 bits per heavy atom. The van der Waals surface area contributed by atoms with E-state index in [0.29, 0.717) is 23.7 Å². The lowest BCUT2D eigenvalue weighted by molar-refractivity contribution is -0.116. The fourth-order valence-electron chi connectivity index (χ4n) is 1.75. The number of hydrogen-bond donors (Lipinski definition) is 2. The highest BCUT2D eigenvalue weighted by Gasteiger charge is 2.10. The number of hydrogen-bond acceptors (Lipinski definition) is 2. The van der Waals surface area contributed by atoms with Gasteiger partial charge in [-0.2, -0.15) is 5.10 Å². The second-order valence-corrected chi connectivity index (χ2v) is 4.87. The lowest BCUT2D eigenvalue weighted by Gasteiger charge is -2.05. The molecule has 2 aromatic rings. The van der Waals surface area contributed by atoms with Crippen molar-refractivity contribution in [2.45, 2.75) is 26.7 Å². The van der Waals surface area contributed by atoms with Gasteiger partial charge in [0.15, 0.2) is 5.82 Å². The van der Waals surface area contributed by atoms with Gasteiger partial charge in [-0.15, -0.1) is 0 Å². The lowest BCUT2D eigenvalue weighted by Crippen LogP contribution is -2.13. The fourth-order valence-corrected chi connectivity index (χ4v) is 1.98. The number of nitrogens with one attached hydrogen (secondary N) is 2. The highest BCUT2D eigenvalue weighted by molar-refractivity contribution is 6.31. The molecule has 0 aliphatic rings. The van der Waals surface area contributed by atoms with Crippen LogP contribution in [0.1, 0.15) is 23.2 Å². The Bertz CT molecular complexity index is 592. The van der Waals surface area contributed by atoms with Crippen molar-refractivity contribution in [3.8, 4) is 0 Å². The molecule has 0 saturated heterocycles. The summed E-state index contributed by atoms with van der Waals surface area (Å²) in [6, 6.07) is 7.55. The van der Waals surface area contributed by atoms with Crippen molar-refractivity contribution in [1.29, 1.82) is 0 Å². The molecule has 1 heterocycles. The van der Waals surface area contributed by atoms with Gasteiger partial charge in [-0.3, -0.25) is 9.89 Å². The van der Waals surface area contributed by atoms with Crippen molar-refractivity contribution in [3.05, 3.63) is 46.1 Å². The zero-order chi connectivity index (χ0) is 13.8. The first-order valence-electron chi connectivity index (χ1n) is 6.12. The highest BCUT2D eigenvalue weighted by Crippen LogP contribution is 2.18. The first-order chi connectivity index (χ1) is 9.08. The van der Waals surface area contributed by atoms with Gasteiger partial charge in [0.25, 0.3) is 0 Å². The third kappa shape index (κ3) is 3.35. The van der Waals surface area contributed by atoms with E-state index in [1.54, 1.807) is 0 Å². The largest absolute Gasteiger partial charge is 0.309 e. The number of aromatic amines is 1. The quantitative estimate of drug-likeness (QED) is 0.901. The van der Waals surface area contributed by atoms with Crippen LogP contribution in [-0.4, -0.2) is 16.1 Å². The van der Waals surface area contributed by atoms with Gasteiger partial charge in [0.1, 0.15) is 0 Å². The summed E-state index contributed by atoms with van der Waals surface area (Å²) in [6.45, 7) is 3.84. The van der Waals surface area contributed by atoms with Gasteiger partial charge in [-0.25, -0.2) is 0 Å². The molecule has 0 bridgehead atoms. The molecule has 0 atom stereocenters. The summed E-state index contributed by atoms with van der Waals surface area (Å²) >= 11 is 6.05. The van der Waals surface area contributed by atoms with Crippen LogP contribution in [0, 0.1) is 13.8 Å². The molecule has 1 aromatic carbocycles. The molecule has 2 rings (SSSR count). The Kier molecular flexibility index (Phi) is 4.22. The maximum absolute atomic E-state index is 11.9. The number of amides is 1. The standard InChI is InChI=1S/C14H16ClN3O/c1-9-10(2)17-18-14(9)16-13(19)8-7-11-5-3-4-6-12(11)15/h3-6H,7-8H2,1-2H3,(H2,16,17,18,19). The summed E-state index contributed by atoms with van der Waals surface area (Å²) in [7, 11) is 0. The second-order valence-electron chi connectivity index (χ2n) is 4.46. The molecule has 0 unspecified atom stereocenters. The Labute approximate surface area is 117 Å². The third-order valence-electron chi connectivity index (χ3n) is 3.09. The molecule has 1 amide bonds. The van der Waals surface area contributed by atoms with Crippen molar-refractivity contribution < 1.29 is 4.79 Å². The molecule has 5 heteroatoms. The minimum atomic E-state index is -0.0606. The fraction of sp³-hybridized carbons (Fsp3) is 0.286. The predicted molar refractivity (Wildman–Crippen MR) is 76.5 cm³/mol. The average molecular weight is 278 g/mol. The molecule has 0 radical (unpaired) electrons. The minimum Gasteiger partial charge on any atom is -0.309 e. The maximum Gasteiger partial charge on any atom is 0.225 e. The first kappa shape index (κ1) is 13.6. The maximum atomic E-state index is 11.9. The van der Waals surface area contributed by atoms with Crippen LogP contribution in [0.5, 0.6) is 0 Å². The van der Waals surface area contributed by atoms with E-state index in [9.17, 15) is 4.79 Å². The summed E-state index contributed by atoms with van der Waals surface area (Å²) in [5.41, 5.74) is 2.90. The molecule has 0 aliphatic heterocycles. The van der Waals surface area contributed by atoms with E-state index in [-0.39, 0.29) is 5.91 Å². The van der Waals surface area contributed by atoms with E-state index < -0.39 is 0 Å². The zero-order valence-electron chi connectivity index (χ0n) is 11.0. The smallest absolute Gasteiger partial charge is 0.225 e. The number of H-pyrrole nitrogens is 1. The predicted octanol–water partition coefficient (Wildman–Crippen LogP) is 3.25. The van der Waals surface area contributed by atoms with E-state index in [0.717, 1.165) is 16.8 Å². The lowest BCUT2D eigenvalue weighted by atomic mass is 10.1. The van der Waals surface area contributed by atoms with Crippen LogP contribution in [0.2, 0.25) is 5.02 Å². The minimum absolute atomic E-state index is 0.0606. The van der Waals surface area contributed by atoms with Crippen molar-refractivity contribution in [2.75, 3.05) is 5.32 Å². The summed E-state index contributed by atoms with van der Waals surface area (Å²) in [5.74, 6) is 0.538. The highest BCUT2D eigenvalue weighted by atomic mass is 35.5. The number of nitrogens with zero attached hydrogens (tertiary/aromatic N) is 1. The van der Waals surface area contributed by atoms with Crippen molar-refractivity contribution in [3.63, 3.8) is 0 Å². The van der Waals surface area contributed by atoms with Gasteiger partial charge in [0, 0.05) is 22.7 Å². The summed E-state index contributed by atoms with van der Waals surface area (Å²) in [4.78, 5) is 11.9. The molecular formula is C14H16ClN3O. The van der Waals surface area contributed by atoms with E-state index in [4.69, 9.17) is 11.6 Å². The Balaban J connectivity index is 1.92. The number of carbonyl (C=O) groups excluding carboxylic acids is 1. The van der Waals surface area contributed by atoms with E-state index >= 15 is 0 Å². The molecule has 0 spiro atoms. The summed E-state index contributed by atoms with van der Waals surface area (Å²) < 4.78 is 0. The Hall–Kier alpha value is -1.81. The number of aryl methyl sites for hydroxylation is 2. The molecule has 4 nitrogen and oxygen atoms in total. The van der Waals surface area contributed by atoms with Gasteiger partial charge < -0.3 is 5.32 Å². The van der Waals surface area contributed by atoms with Crippen molar-refractivity contribution in [1.82, 2.24) is 10.2 Å². The molecule has 1 aromatic heterocycles. The monoisotopic (exact) mass is 277 g/mol. The van der Waals surface area contributed by atoms with Crippen molar-refractivity contribution >= 4 is 23.3 Å². The van der Waals surface area contributed by atoms with Crippen LogP contribution in [0.15, 0.2) is 24.3 Å². The number of rotatable bonds is 4. The number of halogens is 1. The average Bonchev–Trinajstić information content (AvgIpc) is 2.70. The first-order valence-corrected chi connectivity index (χ1v) is 6.50. The molecule has 19 heavy (non-hydrogen) atoms. The number of anilines is 1. The van der Waals surface area contributed by atoms with Crippen LogP contribution < -0.4 is 5.32 Å². The number of carbonyl (C=O) groups is 1.